The largest absolute Gasteiger partial charge is 0.497 e. The third-order valence-electron chi connectivity index (χ3n) is 5.01. The Kier molecular flexibility index (Phi) is 4.45. The molecule has 1 saturated heterocycles. The fraction of sp³-hybridized carbons (Fsp3) is 0.273. The maximum atomic E-state index is 9.84. The molecule has 0 amide bonds. The Balaban J connectivity index is 2.05. The number of anilines is 1. The van der Waals surface area contributed by atoms with E-state index in [2.05, 4.69) is 34.2 Å². The number of hydrogen-bond acceptors (Lipinski definition) is 4. The number of ether oxygens (including phenoxy) is 1. The molecule has 4 heteroatoms. The zero-order chi connectivity index (χ0) is 17.9. The van der Waals surface area contributed by atoms with Crippen LogP contribution in [0.4, 0.5) is 5.69 Å². The molecule has 1 aromatic heterocycles. The van der Waals surface area contributed by atoms with Gasteiger partial charge in [-0.15, -0.1) is 0 Å². The average molecular weight is 343 g/mol. The van der Waals surface area contributed by atoms with Crippen molar-refractivity contribution in [2.75, 3.05) is 25.1 Å². The third kappa shape index (κ3) is 2.86. The standard InChI is InChI=1S/C22H21N3O/c1-26-17-10-11-18-19(14-17)24-20(15-23)22(25-12-6-3-7-13-25)21(18)16-8-4-2-5-9-16/h2,4-5,8-11,14H,3,6-7,12-13H2,1H3. The molecule has 2 heterocycles. The van der Waals surface area contributed by atoms with Crippen LogP contribution in [0.15, 0.2) is 48.5 Å². The van der Waals surface area contributed by atoms with Crippen molar-refractivity contribution in [3.8, 4) is 22.9 Å². The van der Waals surface area contributed by atoms with E-state index in [1.54, 1.807) is 7.11 Å². The molecule has 2 aromatic carbocycles. The van der Waals surface area contributed by atoms with Crippen molar-refractivity contribution in [1.29, 1.82) is 5.26 Å². The fourth-order valence-corrected chi connectivity index (χ4v) is 3.76. The SMILES string of the molecule is COc1ccc2c(-c3ccccc3)c(N3CCCCC3)c(C#N)nc2c1. The van der Waals surface area contributed by atoms with Crippen LogP contribution in [-0.2, 0) is 0 Å². The maximum Gasteiger partial charge on any atom is 0.165 e. The molecule has 0 spiro atoms. The molecule has 0 aliphatic carbocycles. The van der Waals surface area contributed by atoms with Crippen LogP contribution in [-0.4, -0.2) is 25.2 Å². The van der Waals surface area contributed by atoms with E-state index in [9.17, 15) is 5.26 Å². The number of pyridine rings is 1. The zero-order valence-corrected chi connectivity index (χ0v) is 14.9. The van der Waals surface area contributed by atoms with E-state index in [0.29, 0.717) is 5.69 Å². The molecule has 3 aromatic rings. The van der Waals surface area contributed by atoms with E-state index in [1.807, 2.05) is 30.3 Å². The molecule has 4 nitrogen and oxygen atoms in total. The molecule has 0 radical (unpaired) electrons. The number of nitriles is 1. The quantitative estimate of drug-likeness (QED) is 0.687. The number of aromatic nitrogens is 1. The molecule has 0 unspecified atom stereocenters. The molecular formula is C22H21N3O. The highest BCUT2D eigenvalue weighted by molar-refractivity contribution is 6.03. The number of piperidine rings is 1. The summed E-state index contributed by atoms with van der Waals surface area (Å²) in [4.78, 5) is 7.02. The molecule has 1 aliphatic heterocycles. The van der Waals surface area contributed by atoms with Gasteiger partial charge in [0.2, 0.25) is 0 Å². The van der Waals surface area contributed by atoms with Crippen molar-refractivity contribution < 1.29 is 4.74 Å². The van der Waals surface area contributed by atoms with Crippen LogP contribution in [0.25, 0.3) is 22.0 Å². The van der Waals surface area contributed by atoms with Gasteiger partial charge in [-0.05, 0) is 37.0 Å². The molecule has 0 saturated carbocycles. The first-order valence-electron chi connectivity index (χ1n) is 9.04. The van der Waals surface area contributed by atoms with Gasteiger partial charge in [0.25, 0.3) is 0 Å². The van der Waals surface area contributed by atoms with Gasteiger partial charge < -0.3 is 9.64 Å². The van der Waals surface area contributed by atoms with E-state index < -0.39 is 0 Å². The lowest BCUT2D eigenvalue weighted by Gasteiger charge is -2.31. The van der Waals surface area contributed by atoms with E-state index in [4.69, 9.17) is 4.74 Å². The van der Waals surface area contributed by atoms with E-state index in [1.165, 1.54) is 6.42 Å². The van der Waals surface area contributed by atoms with Gasteiger partial charge >= 0.3 is 0 Å². The second-order valence-electron chi connectivity index (χ2n) is 6.59. The summed E-state index contributed by atoms with van der Waals surface area (Å²) in [6.07, 6.45) is 3.55. The first-order valence-corrected chi connectivity index (χ1v) is 9.04. The van der Waals surface area contributed by atoms with Gasteiger partial charge in [-0.3, -0.25) is 0 Å². The lowest BCUT2D eigenvalue weighted by atomic mass is 9.96. The number of nitrogens with zero attached hydrogens (tertiary/aromatic N) is 3. The van der Waals surface area contributed by atoms with Crippen molar-refractivity contribution in [1.82, 2.24) is 4.98 Å². The molecule has 130 valence electrons. The second-order valence-corrected chi connectivity index (χ2v) is 6.59. The molecule has 0 N–H and O–H groups in total. The Hall–Kier alpha value is -3.06. The summed E-state index contributed by atoms with van der Waals surface area (Å²) in [5.74, 6) is 0.749. The first kappa shape index (κ1) is 16.4. The Morgan fingerprint density at radius 3 is 2.50 bits per heavy atom. The minimum Gasteiger partial charge on any atom is -0.497 e. The number of fused-ring (bicyclic) bond motifs is 1. The summed E-state index contributed by atoms with van der Waals surface area (Å²) in [5.41, 5.74) is 4.46. The Bertz CT molecular complexity index is 970. The minimum atomic E-state index is 0.492. The number of hydrogen-bond donors (Lipinski definition) is 0. The monoisotopic (exact) mass is 343 g/mol. The van der Waals surface area contributed by atoms with E-state index in [0.717, 1.165) is 59.4 Å². The van der Waals surface area contributed by atoms with Gasteiger partial charge in [-0.25, -0.2) is 4.98 Å². The van der Waals surface area contributed by atoms with Crippen LogP contribution in [0.5, 0.6) is 5.75 Å². The maximum absolute atomic E-state index is 9.84. The van der Waals surface area contributed by atoms with Crippen molar-refractivity contribution in [3.63, 3.8) is 0 Å². The lowest BCUT2D eigenvalue weighted by molar-refractivity contribution is 0.415. The summed E-state index contributed by atoms with van der Waals surface area (Å²) in [6.45, 7) is 1.94. The Morgan fingerprint density at radius 1 is 1.04 bits per heavy atom. The Labute approximate surface area is 153 Å². The van der Waals surface area contributed by atoms with Crippen LogP contribution in [0, 0.1) is 11.3 Å². The number of benzene rings is 2. The number of rotatable bonds is 3. The van der Waals surface area contributed by atoms with Crippen molar-refractivity contribution >= 4 is 16.6 Å². The highest BCUT2D eigenvalue weighted by Crippen LogP contribution is 2.40. The summed E-state index contributed by atoms with van der Waals surface area (Å²) < 4.78 is 5.35. The normalized spacial score (nSPS) is 14.2. The van der Waals surface area contributed by atoms with Crippen LogP contribution in [0.2, 0.25) is 0 Å². The third-order valence-corrected chi connectivity index (χ3v) is 5.01. The predicted molar refractivity (Wildman–Crippen MR) is 105 cm³/mol. The summed E-state index contributed by atoms with van der Waals surface area (Å²) in [6, 6.07) is 18.6. The lowest BCUT2D eigenvalue weighted by Crippen LogP contribution is -2.31. The molecule has 4 rings (SSSR count). The molecule has 0 atom stereocenters. The van der Waals surface area contributed by atoms with Crippen LogP contribution >= 0.6 is 0 Å². The van der Waals surface area contributed by atoms with Crippen LogP contribution in [0.1, 0.15) is 25.0 Å². The van der Waals surface area contributed by atoms with Crippen LogP contribution < -0.4 is 9.64 Å². The van der Waals surface area contributed by atoms with E-state index >= 15 is 0 Å². The topological polar surface area (TPSA) is 49.1 Å². The fourth-order valence-electron chi connectivity index (χ4n) is 3.76. The highest BCUT2D eigenvalue weighted by Gasteiger charge is 2.23. The minimum absolute atomic E-state index is 0.492. The first-order chi connectivity index (χ1) is 12.8. The van der Waals surface area contributed by atoms with Crippen molar-refractivity contribution in [2.24, 2.45) is 0 Å². The molecule has 0 bridgehead atoms. The second kappa shape index (κ2) is 7.05. The highest BCUT2D eigenvalue weighted by atomic mass is 16.5. The smallest absolute Gasteiger partial charge is 0.165 e. The molecule has 26 heavy (non-hydrogen) atoms. The van der Waals surface area contributed by atoms with Gasteiger partial charge in [0.05, 0.1) is 18.3 Å². The summed E-state index contributed by atoms with van der Waals surface area (Å²) in [5, 5.41) is 10.9. The van der Waals surface area contributed by atoms with Gasteiger partial charge in [-0.1, -0.05) is 30.3 Å². The number of methoxy groups -OCH3 is 1. The van der Waals surface area contributed by atoms with Gasteiger partial charge in [0.1, 0.15) is 11.8 Å². The van der Waals surface area contributed by atoms with Gasteiger partial charge in [0.15, 0.2) is 5.69 Å². The van der Waals surface area contributed by atoms with Crippen molar-refractivity contribution in [2.45, 2.75) is 19.3 Å². The van der Waals surface area contributed by atoms with Gasteiger partial charge in [0, 0.05) is 30.1 Å². The zero-order valence-electron chi connectivity index (χ0n) is 14.9. The molecule has 1 fully saturated rings. The van der Waals surface area contributed by atoms with Crippen molar-refractivity contribution in [3.05, 3.63) is 54.2 Å². The summed E-state index contributed by atoms with van der Waals surface area (Å²) in [7, 11) is 1.65. The van der Waals surface area contributed by atoms with Crippen LogP contribution in [0.3, 0.4) is 0 Å². The predicted octanol–water partition coefficient (Wildman–Crippen LogP) is 4.77. The van der Waals surface area contributed by atoms with Gasteiger partial charge in [-0.2, -0.15) is 5.26 Å². The Morgan fingerprint density at radius 2 is 1.81 bits per heavy atom. The van der Waals surface area contributed by atoms with E-state index in [-0.39, 0.29) is 0 Å². The average Bonchev–Trinajstić information content (AvgIpc) is 2.73. The summed E-state index contributed by atoms with van der Waals surface area (Å²) >= 11 is 0. The molecular weight excluding hydrogens is 322 g/mol. The molecule has 1 aliphatic rings.